The van der Waals surface area contributed by atoms with E-state index >= 15 is 0 Å². The molecule has 10 nitrogen and oxygen atoms in total. The molecule has 4 aromatic rings. The van der Waals surface area contributed by atoms with Crippen molar-refractivity contribution in [1.29, 1.82) is 0 Å². The molecule has 38 heavy (non-hydrogen) atoms. The molecule has 2 aromatic heterocycles. The quantitative estimate of drug-likeness (QED) is 0.371. The summed E-state index contributed by atoms with van der Waals surface area (Å²) in [7, 11) is 0. The molecule has 1 aliphatic rings. The third-order valence-electron chi connectivity index (χ3n) is 6.67. The Kier molecular flexibility index (Phi) is 6.95. The summed E-state index contributed by atoms with van der Waals surface area (Å²) in [5, 5.41) is 9.15. The van der Waals surface area contributed by atoms with Crippen molar-refractivity contribution in [2.75, 3.05) is 19.7 Å². The van der Waals surface area contributed by atoms with Gasteiger partial charge < -0.3 is 23.9 Å². The highest BCUT2D eigenvalue weighted by Crippen LogP contribution is 2.32. The van der Waals surface area contributed by atoms with Crippen molar-refractivity contribution in [2.45, 2.75) is 33.6 Å². The second kappa shape index (κ2) is 10.5. The highest BCUT2D eigenvalue weighted by Gasteiger charge is 2.27. The van der Waals surface area contributed by atoms with Gasteiger partial charge in [0.25, 0.3) is 11.6 Å². The molecule has 1 saturated heterocycles. The number of fused-ring (bicyclic) bond motifs is 1. The Hall–Kier alpha value is -4.47. The summed E-state index contributed by atoms with van der Waals surface area (Å²) >= 11 is 0. The van der Waals surface area contributed by atoms with Gasteiger partial charge in [0, 0.05) is 18.7 Å². The van der Waals surface area contributed by atoms with Crippen molar-refractivity contribution in [3.8, 4) is 29.0 Å². The zero-order valence-electron chi connectivity index (χ0n) is 21.4. The van der Waals surface area contributed by atoms with Gasteiger partial charge in [0.05, 0.1) is 12.1 Å². The number of oxazole rings is 1. The van der Waals surface area contributed by atoms with Crippen LogP contribution >= 0.6 is 0 Å². The van der Waals surface area contributed by atoms with E-state index in [0.29, 0.717) is 54.6 Å². The number of aliphatic carboxylic acids is 1. The smallest absolute Gasteiger partial charge is 0.325 e. The summed E-state index contributed by atoms with van der Waals surface area (Å²) in [5.41, 5.74) is 4.18. The van der Waals surface area contributed by atoms with E-state index in [1.165, 1.54) is 0 Å². The first kappa shape index (κ1) is 25.2. The summed E-state index contributed by atoms with van der Waals surface area (Å²) in [6.07, 6.45) is 2.48. The minimum Gasteiger partial charge on any atom is -0.483 e. The summed E-state index contributed by atoms with van der Waals surface area (Å²) in [6.45, 7) is 6.47. The van der Waals surface area contributed by atoms with Gasteiger partial charge in [-0.3, -0.25) is 9.59 Å². The lowest BCUT2D eigenvalue weighted by Crippen LogP contribution is -2.42. The number of amides is 1. The maximum Gasteiger partial charge on any atom is 0.325 e. The molecule has 196 valence electrons. The second-order valence-electron chi connectivity index (χ2n) is 9.45. The largest absolute Gasteiger partial charge is 0.483 e. The average Bonchev–Trinajstić information content (AvgIpc) is 3.33. The van der Waals surface area contributed by atoms with Crippen LogP contribution < -0.4 is 9.47 Å². The normalized spacial score (nSPS) is 14.0. The number of para-hydroxylation sites is 1. The van der Waals surface area contributed by atoms with E-state index in [0.717, 1.165) is 22.3 Å². The number of carboxylic acids is 1. The van der Waals surface area contributed by atoms with E-state index in [1.54, 1.807) is 11.1 Å². The number of likely N-dealkylation sites (tertiary alicyclic amines) is 1. The molecule has 0 saturated carbocycles. The number of ether oxygens (including phenoxy) is 2. The minimum atomic E-state index is -0.804. The Morgan fingerprint density at radius 1 is 1.05 bits per heavy atom. The first-order valence-electron chi connectivity index (χ1n) is 12.4. The number of aryl methyl sites for hydroxylation is 3. The standard InChI is InChI=1S/C28H28N4O6/c1-16-6-4-5-7-22(16)37-28-29-14-21-26(31-28)38-25(30-21)20-12-17(2)24(18(3)13-20)36-15-23(33)32-10-8-19(9-11-32)27(34)35/h4-7,12-14,19H,8-11,15H2,1-3H3,(H,34,35). The van der Waals surface area contributed by atoms with Crippen molar-refractivity contribution < 1.29 is 28.6 Å². The topological polar surface area (TPSA) is 128 Å². The van der Waals surface area contributed by atoms with Crippen molar-refractivity contribution in [3.63, 3.8) is 0 Å². The van der Waals surface area contributed by atoms with Crippen molar-refractivity contribution in [2.24, 2.45) is 5.92 Å². The Bertz CT molecular complexity index is 1480. The molecule has 0 spiro atoms. The van der Waals surface area contributed by atoms with E-state index in [4.69, 9.17) is 19.0 Å². The lowest BCUT2D eigenvalue weighted by molar-refractivity contribution is -0.146. The highest BCUT2D eigenvalue weighted by atomic mass is 16.5. The van der Waals surface area contributed by atoms with Crippen LogP contribution in [0.3, 0.4) is 0 Å². The molecule has 0 unspecified atom stereocenters. The van der Waals surface area contributed by atoms with Gasteiger partial charge in [-0.1, -0.05) is 18.2 Å². The molecule has 5 rings (SSSR count). The maximum absolute atomic E-state index is 12.6. The Balaban J connectivity index is 1.28. The molecule has 0 bridgehead atoms. The summed E-state index contributed by atoms with van der Waals surface area (Å²) in [4.78, 5) is 38.6. The third-order valence-corrected chi connectivity index (χ3v) is 6.67. The summed E-state index contributed by atoms with van der Waals surface area (Å²) < 4.78 is 17.6. The number of nitrogens with zero attached hydrogens (tertiary/aromatic N) is 4. The first-order chi connectivity index (χ1) is 18.3. The van der Waals surface area contributed by atoms with Gasteiger partial charge in [0.2, 0.25) is 5.89 Å². The Morgan fingerprint density at radius 2 is 1.76 bits per heavy atom. The molecule has 1 N–H and O–H groups in total. The fourth-order valence-electron chi connectivity index (χ4n) is 4.56. The van der Waals surface area contributed by atoms with Gasteiger partial charge in [-0.15, -0.1) is 0 Å². The number of carbonyl (C=O) groups excluding carboxylic acids is 1. The molecular weight excluding hydrogens is 488 g/mol. The van der Waals surface area contributed by atoms with E-state index in [-0.39, 0.29) is 24.4 Å². The summed E-state index contributed by atoms with van der Waals surface area (Å²) in [6, 6.07) is 11.5. The zero-order valence-corrected chi connectivity index (χ0v) is 21.4. The summed E-state index contributed by atoms with van der Waals surface area (Å²) in [5.74, 6) is 0.322. The fraction of sp³-hybridized carbons (Fsp3) is 0.321. The molecule has 0 atom stereocenters. The average molecular weight is 517 g/mol. The maximum atomic E-state index is 12.6. The van der Waals surface area contributed by atoms with Crippen molar-refractivity contribution >= 4 is 23.1 Å². The van der Waals surface area contributed by atoms with Crippen LogP contribution in [0, 0.1) is 26.7 Å². The minimum absolute atomic E-state index is 0.110. The van der Waals surface area contributed by atoms with Crippen molar-refractivity contribution in [1.82, 2.24) is 19.9 Å². The molecule has 10 heteroatoms. The van der Waals surface area contributed by atoms with E-state index < -0.39 is 5.97 Å². The highest BCUT2D eigenvalue weighted by molar-refractivity contribution is 5.79. The lowest BCUT2D eigenvalue weighted by atomic mass is 9.97. The number of hydrogen-bond acceptors (Lipinski definition) is 8. The second-order valence-corrected chi connectivity index (χ2v) is 9.45. The molecule has 2 aromatic carbocycles. The number of carboxylic acid groups (broad SMARTS) is 1. The Morgan fingerprint density at radius 3 is 2.45 bits per heavy atom. The van der Waals surface area contributed by atoms with Crippen LogP contribution in [0.25, 0.3) is 22.7 Å². The molecule has 0 radical (unpaired) electrons. The van der Waals surface area contributed by atoms with Gasteiger partial charge in [0.15, 0.2) is 6.61 Å². The molecule has 1 fully saturated rings. The fourth-order valence-corrected chi connectivity index (χ4v) is 4.56. The molecule has 1 aliphatic heterocycles. The first-order valence-corrected chi connectivity index (χ1v) is 12.4. The van der Waals surface area contributed by atoms with Crippen LogP contribution in [0.15, 0.2) is 47.0 Å². The zero-order chi connectivity index (χ0) is 26.8. The SMILES string of the molecule is Cc1ccccc1Oc1ncc2nc(-c3cc(C)c(OCC(=O)N4CCC(C(=O)O)CC4)c(C)c3)oc2n1. The number of piperidine rings is 1. The van der Waals surface area contributed by atoms with Crippen molar-refractivity contribution in [3.05, 3.63) is 59.3 Å². The van der Waals surface area contributed by atoms with Crippen LogP contribution in [0.2, 0.25) is 0 Å². The van der Waals surface area contributed by atoms with Gasteiger partial charge in [0.1, 0.15) is 17.0 Å². The number of carbonyl (C=O) groups is 2. The molecular formula is C28H28N4O6. The van der Waals surface area contributed by atoms with Gasteiger partial charge in [-0.05, 0) is 68.5 Å². The molecule has 1 amide bonds. The van der Waals surface area contributed by atoms with Crippen LogP contribution in [0.4, 0.5) is 0 Å². The van der Waals surface area contributed by atoms with Gasteiger partial charge in [-0.25, -0.2) is 9.97 Å². The van der Waals surface area contributed by atoms with E-state index in [1.807, 2.05) is 57.2 Å². The predicted molar refractivity (Wildman–Crippen MR) is 138 cm³/mol. The monoisotopic (exact) mass is 516 g/mol. The lowest BCUT2D eigenvalue weighted by Gasteiger charge is -2.30. The predicted octanol–water partition coefficient (Wildman–Crippen LogP) is 4.70. The third kappa shape index (κ3) is 5.29. The van der Waals surface area contributed by atoms with Crippen LogP contribution in [-0.4, -0.2) is 56.5 Å². The number of aromatic nitrogens is 3. The van der Waals surface area contributed by atoms with Gasteiger partial charge in [-0.2, -0.15) is 4.98 Å². The van der Waals surface area contributed by atoms with Crippen LogP contribution in [0.1, 0.15) is 29.5 Å². The Labute approximate surface area is 219 Å². The van der Waals surface area contributed by atoms with Crippen LogP contribution in [-0.2, 0) is 9.59 Å². The molecule has 0 aliphatic carbocycles. The van der Waals surface area contributed by atoms with E-state index in [9.17, 15) is 9.59 Å². The van der Waals surface area contributed by atoms with Gasteiger partial charge >= 0.3 is 12.0 Å². The number of rotatable bonds is 7. The molecule has 3 heterocycles. The number of hydrogen-bond donors (Lipinski definition) is 1. The van der Waals surface area contributed by atoms with Crippen LogP contribution in [0.5, 0.6) is 17.5 Å². The van der Waals surface area contributed by atoms with E-state index in [2.05, 4.69) is 15.0 Å². The number of benzene rings is 2.